The first-order valence-corrected chi connectivity index (χ1v) is 6.33. The normalized spacial score (nSPS) is 10.5. The summed E-state index contributed by atoms with van der Waals surface area (Å²) in [5.41, 5.74) is 2.07. The highest BCUT2D eigenvalue weighted by Gasteiger charge is 1.98. The third-order valence-corrected chi connectivity index (χ3v) is 3.47. The maximum atomic E-state index is 13.0. The molecule has 0 unspecified atom stereocenters. The van der Waals surface area contributed by atoms with Crippen molar-refractivity contribution in [3.05, 3.63) is 65.5 Å². The second-order valence-corrected chi connectivity index (χ2v) is 4.77. The molecule has 0 saturated carbocycles. The van der Waals surface area contributed by atoms with Gasteiger partial charge in [-0.3, -0.25) is 0 Å². The van der Waals surface area contributed by atoms with Gasteiger partial charge in [0, 0.05) is 10.6 Å². The molecular formula is C14H13FOS. The van der Waals surface area contributed by atoms with Crippen LogP contribution in [0.2, 0.25) is 0 Å². The zero-order valence-electron chi connectivity index (χ0n) is 9.27. The Kier molecular flexibility index (Phi) is 4.18. The van der Waals surface area contributed by atoms with Gasteiger partial charge in [-0.15, -0.1) is 11.8 Å². The van der Waals surface area contributed by atoms with E-state index in [4.69, 9.17) is 5.11 Å². The lowest BCUT2D eigenvalue weighted by Gasteiger charge is -2.03. The van der Waals surface area contributed by atoms with Crippen molar-refractivity contribution in [2.75, 3.05) is 0 Å². The van der Waals surface area contributed by atoms with E-state index in [2.05, 4.69) is 0 Å². The molecule has 1 nitrogen and oxygen atoms in total. The van der Waals surface area contributed by atoms with Crippen molar-refractivity contribution in [2.45, 2.75) is 17.3 Å². The molecule has 2 aromatic carbocycles. The second kappa shape index (κ2) is 5.84. The largest absolute Gasteiger partial charge is 0.392 e. The van der Waals surface area contributed by atoms with Gasteiger partial charge >= 0.3 is 0 Å². The van der Waals surface area contributed by atoms with E-state index in [1.807, 2.05) is 30.3 Å². The van der Waals surface area contributed by atoms with Crippen LogP contribution in [0.1, 0.15) is 11.1 Å². The van der Waals surface area contributed by atoms with Gasteiger partial charge in [-0.2, -0.15) is 0 Å². The highest BCUT2D eigenvalue weighted by Crippen LogP contribution is 2.23. The average Bonchev–Trinajstić information content (AvgIpc) is 2.37. The fourth-order valence-corrected chi connectivity index (χ4v) is 2.36. The first-order valence-electron chi connectivity index (χ1n) is 5.35. The molecule has 0 aliphatic carbocycles. The predicted molar refractivity (Wildman–Crippen MR) is 68.3 cm³/mol. The summed E-state index contributed by atoms with van der Waals surface area (Å²) in [5, 5.41) is 8.92. The average molecular weight is 248 g/mol. The van der Waals surface area contributed by atoms with Crippen molar-refractivity contribution in [3.8, 4) is 0 Å². The molecule has 0 aliphatic rings. The lowest BCUT2D eigenvalue weighted by Crippen LogP contribution is -1.85. The van der Waals surface area contributed by atoms with E-state index in [1.165, 1.54) is 12.1 Å². The molecule has 0 spiro atoms. The Hall–Kier alpha value is -1.32. The summed E-state index contributed by atoms with van der Waals surface area (Å²) in [5.74, 6) is 0.598. The summed E-state index contributed by atoms with van der Waals surface area (Å²) in [4.78, 5) is 0.927. The highest BCUT2D eigenvalue weighted by atomic mass is 32.2. The molecule has 0 fully saturated rings. The van der Waals surface area contributed by atoms with E-state index < -0.39 is 0 Å². The van der Waals surface area contributed by atoms with E-state index in [1.54, 1.807) is 17.8 Å². The quantitative estimate of drug-likeness (QED) is 0.834. The van der Waals surface area contributed by atoms with E-state index in [0.29, 0.717) is 0 Å². The van der Waals surface area contributed by atoms with Crippen LogP contribution in [0.4, 0.5) is 4.39 Å². The van der Waals surface area contributed by atoms with Crippen molar-refractivity contribution in [3.63, 3.8) is 0 Å². The van der Waals surface area contributed by atoms with Crippen LogP contribution < -0.4 is 0 Å². The number of halogens is 1. The van der Waals surface area contributed by atoms with Gasteiger partial charge < -0.3 is 5.11 Å². The van der Waals surface area contributed by atoms with Crippen molar-refractivity contribution >= 4 is 11.8 Å². The Balaban J connectivity index is 1.97. The Morgan fingerprint density at radius 1 is 1.00 bits per heavy atom. The maximum Gasteiger partial charge on any atom is 0.124 e. The molecule has 2 rings (SSSR count). The van der Waals surface area contributed by atoms with Crippen LogP contribution in [-0.2, 0) is 12.4 Å². The summed E-state index contributed by atoms with van der Waals surface area (Å²) in [7, 11) is 0. The van der Waals surface area contributed by atoms with Gasteiger partial charge in [0.15, 0.2) is 0 Å². The summed E-state index contributed by atoms with van der Waals surface area (Å²) < 4.78 is 13.0. The monoisotopic (exact) mass is 248 g/mol. The third kappa shape index (κ3) is 3.58. The van der Waals surface area contributed by atoms with Gasteiger partial charge in [-0.25, -0.2) is 4.39 Å². The lowest BCUT2D eigenvalue weighted by molar-refractivity contribution is 0.282. The standard InChI is InChI=1S/C14H13FOS/c15-13-2-1-3-14(8-13)17-10-12-6-4-11(9-16)5-7-12/h1-8,16H,9-10H2. The topological polar surface area (TPSA) is 20.2 Å². The number of aliphatic hydroxyl groups is 1. The third-order valence-electron chi connectivity index (χ3n) is 2.41. The molecule has 17 heavy (non-hydrogen) atoms. The van der Waals surface area contributed by atoms with Crippen LogP contribution in [0, 0.1) is 5.82 Å². The van der Waals surface area contributed by atoms with Crippen LogP contribution in [0.25, 0.3) is 0 Å². The summed E-state index contributed by atoms with van der Waals surface area (Å²) in [6.07, 6.45) is 0. The molecule has 0 amide bonds. The zero-order valence-corrected chi connectivity index (χ0v) is 10.1. The number of hydrogen-bond donors (Lipinski definition) is 1. The highest BCUT2D eigenvalue weighted by molar-refractivity contribution is 7.98. The van der Waals surface area contributed by atoms with Crippen LogP contribution in [0.5, 0.6) is 0 Å². The molecule has 0 bridgehead atoms. The number of aliphatic hydroxyl groups excluding tert-OH is 1. The van der Waals surface area contributed by atoms with E-state index >= 15 is 0 Å². The first-order chi connectivity index (χ1) is 8.28. The van der Waals surface area contributed by atoms with Crippen LogP contribution in [0.3, 0.4) is 0 Å². The molecule has 2 aromatic rings. The van der Waals surface area contributed by atoms with Gasteiger partial charge in [0.05, 0.1) is 6.61 Å². The fraction of sp³-hybridized carbons (Fsp3) is 0.143. The minimum absolute atomic E-state index is 0.0668. The van der Waals surface area contributed by atoms with Crippen molar-refractivity contribution < 1.29 is 9.50 Å². The minimum atomic E-state index is -0.203. The molecule has 88 valence electrons. The maximum absolute atomic E-state index is 13.0. The Labute approximate surface area is 104 Å². The Morgan fingerprint density at radius 3 is 2.35 bits per heavy atom. The van der Waals surface area contributed by atoms with Gasteiger partial charge in [-0.1, -0.05) is 30.3 Å². The lowest BCUT2D eigenvalue weighted by atomic mass is 10.2. The van der Waals surface area contributed by atoms with E-state index in [0.717, 1.165) is 21.8 Å². The number of benzene rings is 2. The van der Waals surface area contributed by atoms with Crippen LogP contribution >= 0.6 is 11.8 Å². The summed E-state index contributed by atoms with van der Waals surface area (Å²) in [6.45, 7) is 0.0668. The predicted octanol–water partition coefficient (Wildman–Crippen LogP) is 3.61. The smallest absolute Gasteiger partial charge is 0.124 e. The van der Waals surface area contributed by atoms with Crippen molar-refractivity contribution in [1.29, 1.82) is 0 Å². The molecule has 0 radical (unpaired) electrons. The van der Waals surface area contributed by atoms with Gasteiger partial charge in [0.2, 0.25) is 0 Å². The number of hydrogen-bond acceptors (Lipinski definition) is 2. The number of thioether (sulfide) groups is 1. The molecule has 0 aromatic heterocycles. The van der Waals surface area contributed by atoms with Crippen LogP contribution in [-0.4, -0.2) is 5.11 Å². The Morgan fingerprint density at radius 2 is 1.71 bits per heavy atom. The molecule has 0 atom stereocenters. The molecule has 0 aliphatic heterocycles. The second-order valence-electron chi connectivity index (χ2n) is 3.72. The van der Waals surface area contributed by atoms with Gasteiger partial charge in [-0.05, 0) is 29.3 Å². The molecule has 3 heteroatoms. The first kappa shape index (κ1) is 12.1. The minimum Gasteiger partial charge on any atom is -0.392 e. The van der Waals surface area contributed by atoms with Crippen LogP contribution in [0.15, 0.2) is 53.4 Å². The van der Waals surface area contributed by atoms with Gasteiger partial charge in [0.25, 0.3) is 0 Å². The zero-order chi connectivity index (χ0) is 12.1. The molecule has 0 saturated heterocycles. The summed E-state index contributed by atoms with van der Waals surface area (Å²) >= 11 is 1.60. The van der Waals surface area contributed by atoms with E-state index in [-0.39, 0.29) is 12.4 Å². The summed E-state index contributed by atoms with van der Waals surface area (Å²) in [6, 6.07) is 14.4. The van der Waals surface area contributed by atoms with Crippen molar-refractivity contribution in [1.82, 2.24) is 0 Å². The van der Waals surface area contributed by atoms with Gasteiger partial charge in [0.1, 0.15) is 5.82 Å². The SMILES string of the molecule is OCc1ccc(CSc2cccc(F)c2)cc1. The fourth-order valence-electron chi connectivity index (χ4n) is 1.46. The molecule has 0 heterocycles. The number of rotatable bonds is 4. The molecular weight excluding hydrogens is 235 g/mol. The Bertz CT molecular complexity index is 482. The van der Waals surface area contributed by atoms with Crippen molar-refractivity contribution in [2.24, 2.45) is 0 Å². The molecule has 1 N–H and O–H groups in total. The van der Waals surface area contributed by atoms with E-state index in [9.17, 15) is 4.39 Å².